The van der Waals surface area contributed by atoms with Gasteiger partial charge in [0.05, 0.1) is 0 Å². The first-order valence-corrected chi connectivity index (χ1v) is 5.96. The van der Waals surface area contributed by atoms with Gasteiger partial charge in [-0.05, 0) is 32.9 Å². The van der Waals surface area contributed by atoms with Crippen molar-refractivity contribution < 1.29 is 0 Å². The van der Waals surface area contributed by atoms with Crippen molar-refractivity contribution in [3.63, 3.8) is 0 Å². The van der Waals surface area contributed by atoms with Crippen molar-refractivity contribution in [3.05, 3.63) is 35.4 Å². The van der Waals surface area contributed by atoms with Crippen LogP contribution in [0.3, 0.4) is 0 Å². The SMILES string of the molecule is CCC(C)(N)CN(C)Cc1cccc(C)c1. The van der Waals surface area contributed by atoms with Crippen molar-refractivity contribution in [3.8, 4) is 0 Å². The van der Waals surface area contributed by atoms with E-state index in [-0.39, 0.29) is 5.54 Å². The van der Waals surface area contributed by atoms with Gasteiger partial charge in [-0.2, -0.15) is 0 Å². The summed E-state index contributed by atoms with van der Waals surface area (Å²) in [4.78, 5) is 2.29. The van der Waals surface area contributed by atoms with E-state index in [1.165, 1.54) is 11.1 Å². The third-order valence-corrected chi connectivity index (χ3v) is 2.97. The largest absolute Gasteiger partial charge is 0.324 e. The molecule has 0 saturated carbocycles. The van der Waals surface area contributed by atoms with Gasteiger partial charge in [-0.15, -0.1) is 0 Å². The Morgan fingerprint density at radius 2 is 2.06 bits per heavy atom. The molecule has 0 bridgehead atoms. The van der Waals surface area contributed by atoms with Gasteiger partial charge in [0.15, 0.2) is 0 Å². The summed E-state index contributed by atoms with van der Waals surface area (Å²) in [6.07, 6.45) is 1.01. The summed E-state index contributed by atoms with van der Waals surface area (Å²) in [7, 11) is 2.13. The minimum absolute atomic E-state index is 0.0847. The Kier molecular flexibility index (Phi) is 4.51. The number of nitrogens with zero attached hydrogens (tertiary/aromatic N) is 1. The second kappa shape index (κ2) is 5.46. The number of aryl methyl sites for hydroxylation is 1. The highest BCUT2D eigenvalue weighted by atomic mass is 15.1. The Balaban J connectivity index is 2.55. The molecule has 1 aromatic rings. The van der Waals surface area contributed by atoms with Crippen LogP contribution in [0.15, 0.2) is 24.3 Å². The molecule has 0 spiro atoms. The lowest BCUT2D eigenvalue weighted by Crippen LogP contribution is -2.45. The molecule has 90 valence electrons. The molecule has 0 radical (unpaired) electrons. The first kappa shape index (κ1) is 13.2. The Hall–Kier alpha value is -0.860. The van der Waals surface area contributed by atoms with Gasteiger partial charge in [0, 0.05) is 18.6 Å². The lowest BCUT2D eigenvalue weighted by Gasteiger charge is -2.29. The predicted molar refractivity (Wildman–Crippen MR) is 70.4 cm³/mol. The van der Waals surface area contributed by atoms with Crippen molar-refractivity contribution in [2.45, 2.75) is 39.3 Å². The van der Waals surface area contributed by atoms with E-state index >= 15 is 0 Å². The summed E-state index contributed by atoms with van der Waals surface area (Å²) in [5.74, 6) is 0. The fraction of sp³-hybridized carbons (Fsp3) is 0.571. The normalized spacial score (nSPS) is 15.1. The molecule has 2 N–H and O–H groups in total. The maximum atomic E-state index is 6.16. The van der Waals surface area contributed by atoms with Crippen molar-refractivity contribution in [1.29, 1.82) is 0 Å². The average molecular weight is 220 g/mol. The van der Waals surface area contributed by atoms with E-state index in [0.29, 0.717) is 0 Å². The molecular weight excluding hydrogens is 196 g/mol. The monoisotopic (exact) mass is 220 g/mol. The standard InChI is InChI=1S/C14H24N2/c1-5-14(3,15)11-16(4)10-13-8-6-7-12(2)9-13/h6-9H,5,10-11,15H2,1-4H3. The van der Waals surface area contributed by atoms with Crippen LogP contribution in [-0.2, 0) is 6.54 Å². The minimum atomic E-state index is -0.0847. The van der Waals surface area contributed by atoms with E-state index in [0.717, 1.165) is 19.5 Å². The van der Waals surface area contributed by atoms with Gasteiger partial charge < -0.3 is 10.6 Å². The molecule has 0 aliphatic heterocycles. The highest BCUT2D eigenvalue weighted by Gasteiger charge is 2.17. The summed E-state index contributed by atoms with van der Waals surface area (Å²) in [6, 6.07) is 8.64. The van der Waals surface area contributed by atoms with E-state index in [4.69, 9.17) is 5.73 Å². The second-order valence-corrected chi connectivity index (χ2v) is 5.17. The van der Waals surface area contributed by atoms with Crippen molar-refractivity contribution in [1.82, 2.24) is 4.90 Å². The molecule has 1 unspecified atom stereocenters. The van der Waals surface area contributed by atoms with Crippen LogP contribution in [0.25, 0.3) is 0 Å². The van der Waals surface area contributed by atoms with E-state index in [2.05, 4.69) is 57.0 Å². The second-order valence-electron chi connectivity index (χ2n) is 5.17. The Morgan fingerprint density at radius 1 is 1.38 bits per heavy atom. The van der Waals surface area contributed by atoms with E-state index in [1.807, 2.05) is 0 Å². The van der Waals surface area contributed by atoms with E-state index < -0.39 is 0 Å². The predicted octanol–water partition coefficient (Wildman–Crippen LogP) is 2.55. The van der Waals surface area contributed by atoms with Crippen LogP contribution in [0.5, 0.6) is 0 Å². The number of rotatable bonds is 5. The molecule has 0 aliphatic rings. The van der Waals surface area contributed by atoms with E-state index in [1.54, 1.807) is 0 Å². The molecule has 1 rings (SSSR count). The fourth-order valence-corrected chi connectivity index (χ4v) is 1.91. The minimum Gasteiger partial charge on any atom is -0.324 e. The quantitative estimate of drug-likeness (QED) is 0.826. The van der Waals surface area contributed by atoms with Gasteiger partial charge in [0.1, 0.15) is 0 Å². The topological polar surface area (TPSA) is 29.3 Å². The van der Waals surface area contributed by atoms with Gasteiger partial charge in [-0.1, -0.05) is 36.8 Å². The zero-order valence-electron chi connectivity index (χ0n) is 11.0. The van der Waals surface area contributed by atoms with Crippen LogP contribution in [0, 0.1) is 6.92 Å². The first-order valence-electron chi connectivity index (χ1n) is 5.96. The molecule has 1 aromatic carbocycles. The molecule has 2 nitrogen and oxygen atoms in total. The summed E-state index contributed by atoms with van der Waals surface area (Å²) in [6.45, 7) is 8.27. The molecule has 1 atom stereocenters. The lowest BCUT2D eigenvalue weighted by molar-refractivity contribution is 0.246. The fourth-order valence-electron chi connectivity index (χ4n) is 1.91. The molecular formula is C14H24N2. The van der Waals surface area contributed by atoms with Crippen LogP contribution >= 0.6 is 0 Å². The highest BCUT2D eigenvalue weighted by Crippen LogP contribution is 2.11. The molecule has 0 fully saturated rings. The van der Waals surface area contributed by atoms with Crippen LogP contribution < -0.4 is 5.73 Å². The first-order chi connectivity index (χ1) is 7.43. The third-order valence-electron chi connectivity index (χ3n) is 2.97. The van der Waals surface area contributed by atoms with Crippen LogP contribution in [-0.4, -0.2) is 24.0 Å². The summed E-state index contributed by atoms with van der Waals surface area (Å²) < 4.78 is 0. The Labute approximate surface area is 99.5 Å². The average Bonchev–Trinajstić information content (AvgIpc) is 2.16. The smallest absolute Gasteiger partial charge is 0.0252 e. The van der Waals surface area contributed by atoms with Crippen molar-refractivity contribution in [2.75, 3.05) is 13.6 Å². The maximum absolute atomic E-state index is 6.16. The van der Waals surface area contributed by atoms with Gasteiger partial charge in [0.2, 0.25) is 0 Å². The van der Waals surface area contributed by atoms with Crippen molar-refractivity contribution in [2.24, 2.45) is 5.73 Å². The number of nitrogens with two attached hydrogens (primary N) is 1. The summed E-state index contributed by atoms with van der Waals surface area (Å²) >= 11 is 0. The summed E-state index contributed by atoms with van der Waals surface area (Å²) in [5.41, 5.74) is 8.75. The number of hydrogen-bond acceptors (Lipinski definition) is 2. The molecule has 0 aliphatic carbocycles. The maximum Gasteiger partial charge on any atom is 0.0252 e. The van der Waals surface area contributed by atoms with Crippen LogP contribution in [0.2, 0.25) is 0 Å². The lowest BCUT2D eigenvalue weighted by atomic mass is 10.00. The molecule has 16 heavy (non-hydrogen) atoms. The molecule has 0 heterocycles. The number of hydrogen-bond donors (Lipinski definition) is 1. The number of likely N-dealkylation sites (N-methyl/N-ethyl adjacent to an activating group) is 1. The molecule has 0 aromatic heterocycles. The van der Waals surface area contributed by atoms with Gasteiger partial charge in [0.25, 0.3) is 0 Å². The number of benzene rings is 1. The highest BCUT2D eigenvalue weighted by molar-refractivity contribution is 5.22. The van der Waals surface area contributed by atoms with Crippen molar-refractivity contribution >= 4 is 0 Å². The zero-order chi connectivity index (χ0) is 12.2. The molecule has 0 saturated heterocycles. The van der Waals surface area contributed by atoms with E-state index in [9.17, 15) is 0 Å². The van der Waals surface area contributed by atoms with Gasteiger partial charge >= 0.3 is 0 Å². The van der Waals surface area contributed by atoms with Crippen LogP contribution in [0.1, 0.15) is 31.4 Å². The van der Waals surface area contributed by atoms with Crippen LogP contribution in [0.4, 0.5) is 0 Å². The summed E-state index contributed by atoms with van der Waals surface area (Å²) in [5, 5.41) is 0. The zero-order valence-corrected chi connectivity index (χ0v) is 11.0. The Bertz CT molecular complexity index is 331. The van der Waals surface area contributed by atoms with Gasteiger partial charge in [-0.25, -0.2) is 0 Å². The molecule has 0 amide bonds. The van der Waals surface area contributed by atoms with Gasteiger partial charge in [-0.3, -0.25) is 0 Å². The Morgan fingerprint density at radius 3 is 2.62 bits per heavy atom. The molecule has 2 heteroatoms. The third kappa shape index (κ3) is 4.33.